The zero-order valence-electron chi connectivity index (χ0n) is 16.6. The number of aliphatic carboxylic acids is 1. The Morgan fingerprint density at radius 2 is 2.00 bits per heavy atom. The number of hydroxylamine groups is 2. The van der Waals surface area contributed by atoms with Gasteiger partial charge in [0, 0.05) is 11.8 Å². The van der Waals surface area contributed by atoms with Gasteiger partial charge in [-0.25, -0.2) is 24.2 Å². The molecule has 2 aliphatic rings. The molecule has 3 atom stereocenters. The van der Waals surface area contributed by atoms with Crippen LogP contribution in [-0.4, -0.2) is 75.4 Å². The summed E-state index contributed by atoms with van der Waals surface area (Å²) in [6.07, 6.45) is 0.818. The van der Waals surface area contributed by atoms with Gasteiger partial charge < -0.3 is 19.5 Å². The number of pyridine rings is 1. The number of nitrogens with one attached hydrogen (secondary N) is 2. The van der Waals surface area contributed by atoms with Gasteiger partial charge in [-0.05, 0) is 25.1 Å². The zero-order valence-corrected chi connectivity index (χ0v) is 19.5. The fraction of sp³-hybridized carbons (Fsp3) is 0.312. The number of ether oxygens (including phenoxy) is 1. The van der Waals surface area contributed by atoms with Crippen LogP contribution in [0.5, 0.6) is 0 Å². The molecule has 14 nitrogen and oxygen atoms in total. The number of aromatic nitrogens is 1. The first-order chi connectivity index (χ1) is 14.5. The maximum Gasteiger partial charge on any atom is 1.00 e. The van der Waals surface area contributed by atoms with Crippen molar-refractivity contribution >= 4 is 39.8 Å². The minimum Gasteiger partial charge on any atom is -0.548 e. The Hall–Kier alpha value is -2.56. The van der Waals surface area contributed by atoms with Crippen molar-refractivity contribution in [3.8, 4) is 0 Å². The summed E-state index contributed by atoms with van der Waals surface area (Å²) in [4.78, 5) is 51.5. The van der Waals surface area contributed by atoms with Gasteiger partial charge in [-0.3, -0.25) is 25.0 Å². The van der Waals surface area contributed by atoms with Gasteiger partial charge in [0.05, 0.1) is 23.3 Å². The third-order valence-electron chi connectivity index (χ3n) is 5.05. The standard InChI is InChI=1S/C16H16N4O10S.Na/c1-16(6-30-15(25)19-27)10(14(23)24)20-12(22)9(13(20)31(16,28)29)5-8-4-7(2-3-17-8)11(21)18-26;/h2-5,10,13,26-27H,6H2,1H3,(H,18,21)(H,19,25)(H,23,24);/q;+1/p-1/b9-5-;/t10-,13+,16-;/m0./s1. The van der Waals surface area contributed by atoms with Crippen LogP contribution in [0.25, 0.3) is 6.08 Å². The van der Waals surface area contributed by atoms with Crippen LogP contribution < -0.4 is 45.6 Å². The van der Waals surface area contributed by atoms with E-state index in [0.717, 1.165) is 18.5 Å². The van der Waals surface area contributed by atoms with Crippen LogP contribution in [0.2, 0.25) is 0 Å². The van der Waals surface area contributed by atoms with Crippen LogP contribution in [0.4, 0.5) is 4.79 Å². The summed E-state index contributed by atoms with van der Waals surface area (Å²) in [5.41, 5.74) is 2.16. The normalized spacial score (nSPS) is 26.4. The first-order valence-corrected chi connectivity index (χ1v) is 10.00. The number of β-lactam (4-membered cyclic amide) rings is 1. The SMILES string of the molecule is C[C@]1(COC(=O)NO)[C@H](C(=O)[O-])N2C(=O)/C(=C/c3cc(C(=O)NO)ccn3)[C@H]2S1(=O)=O.[Na+]. The average Bonchev–Trinajstić information content (AvgIpc) is 2.90. The molecule has 1 aromatic rings. The summed E-state index contributed by atoms with van der Waals surface area (Å²) < 4.78 is 28.6. The molecule has 2 aliphatic heterocycles. The average molecular weight is 478 g/mol. The monoisotopic (exact) mass is 478 g/mol. The Bertz CT molecular complexity index is 1120. The van der Waals surface area contributed by atoms with Gasteiger partial charge in [0.1, 0.15) is 11.4 Å². The van der Waals surface area contributed by atoms with Crippen LogP contribution in [0.1, 0.15) is 23.0 Å². The molecule has 0 unspecified atom stereocenters. The fourth-order valence-electron chi connectivity index (χ4n) is 3.51. The minimum atomic E-state index is -4.48. The Kier molecular flexibility index (Phi) is 7.33. The maximum atomic E-state index is 13.1. The van der Waals surface area contributed by atoms with Gasteiger partial charge in [0.2, 0.25) is 0 Å². The van der Waals surface area contributed by atoms with Crippen molar-refractivity contribution in [2.24, 2.45) is 0 Å². The predicted molar refractivity (Wildman–Crippen MR) is 94.5 cm³/mol. The van der Waals surface area contributed by atoms with Crippen molar-refractivity contribution in [3.05, 3.63) is 35.2 Å². The van der Waals surface area contributed by atoms with Gasteiger partial charge in [-0.15, -0.1) is 0 Å². The molecule has 3 heterocycles. The van der Waals surface area contributed by atoms with E-state index >= 15 is 0 Å². The van der Waals surface area contributed by atoms with Crippen molar-refractivity contribution in [1.29, 1.82) is 0 Å². The van der Waals surface area contributed by atoms with Crippen molar-refractivity contribution in [1.82, 2.24) is 20.8 Å². The molecule has 0 aromatic carbocycles. The Morgan fingerprint density at radius 3 is 2.56 bits per heavy atom. The van der Waals surface area contributed by atoms with E-state index in [2.05, 4.69) is 9.72 Å². The topological polar surface area (TPSA) is 215 Å². The molecule has 32 heavy (non-hydrogen) atoms. The number of carbonyl (C=O) groups excluding carboxylic acids is 4. The molecule has 0 saturated carbocycles. The van der Waals surface area contributed by atoms with E-state index in [9.17, 15) is 32.7 Å². The number of hydrogen-bond acceptors (Lipinski definition) is 11. The number of amides is 3. The number of carboxylic acid groups (broad SMARTS) is 1. The summed E-state index contributed by atoms with van der Waals surface area (Å²) >= 11 is 0. The van der Waals surface area contributed by atoms with Gasteiger partial charge in [0.25, 0.3) is 11.8 Å². The fourth-order valence-corrected chi connectivity index (χ4v) is 5.78. The van der Waals surface area contributed by atoms with E-state index in [1.165, 1.54) is 23.8 Å². The molecule has 0 bridgehead atoms. The van der Waals surface area contributed by atoms with E-state index in [1.807, 2.05) is 0 Å². The van der Waals surface area contributed by atoms with Gasteiger partial charge >= 0.3 is 35.7 Å². The molecule has 0 aliphatic carbocycles. The van der Waals surface area contributed by atoms with Crippen LogP contribution in [-0.2, 0) is 24.2 Å². The largest absolute Gasteiger partial charge is 1.00 e. The van der Waals surface area contributed by atoms with Crippen molar-refractivity contribution < 1.29 is 77.4 Å². The number of nitrogens with zero attached hydrogens (tertiary/aromatic N) is 2. The molecule has 1 aromatic heterocycles. The maximum absolute atomic E-state index is 13.1. The molecule has 0 spiro atoms. The smallest absolute Gasteiger partial charge is 0.548 e. The Morgan fingerprint density at radius 1 is 1.34 bits per heavy atom. The number of fused-ring (bicyclic) bond motifs is 1. The van der Waals surface area contributed by atoms with E-state index in [0.29, 0.717) is 4.90 Å². The van der Waals surface area contributed by atoms with Gasteiger partial charge in [0.15, 0.2) is 15.2 Å². The summed E-state index contributed by atoms with van der Waals surface area (Å²) in [6.45, 7) is -0.0144. The molecule has 16 heteroatoms. The third-order valence-corrected chi connectivity index (χ3v) is 7.76. The van der Waals surface area contributed by atoms with E-state index in [-0.39, 0.29) is 46.4 Å². The summed E-state index contributed by atoms with van der Waals surface area (Å²) in [7, 11) is -4.48. The molecule has 3 amide bonds. The number of hydrogen-bond donors (Lipinski definition) is 4. The van der Waals surface area contributed by atoms with Crippen LogP contribution in [0.15, 0.2) is 23.9 Å². The Labute approximate surface area is 202 Å². The molecule has 0 radical (unpaired) electrons. The molecule has 166 valence electrons. The van der Waals surface area contributed by atoms with E-state index in [4.69, 9.17) is 10.4 Å². The summed E-state index contributed by atoms with van der Waals surface area (Å²) in [5.74, 6) is -3.69. The quantitative estimate of drug-likeness (QED) is 0.103. The predicted octanol–water partition coefficient (Wildman–Crippen LogP) is -5.82. The number of rotatable bonds is 5. The molecular weight excluding hydrogens is 463 g/mol. The molecule has 4 N–H and O–H groups in total. The second-order valence-electron chi connectivity index (χ2n) is 6.84. The number of carboxylic acids is 1. The summed E-state index contributed by atoms with van der Waals surface area (Å²) in [5, 5.41) is 27.2. The van der Waals surface area contributed by atoms with E-state index in [1.54, 1.807) is 0 Å². The second-order valence-corrected chi connectivity index (χ2v) is 9.31. The zero-order chi connectivity index (χ0) is 23.1. The van der Waals surface area contributed by atoms with Gasteiger partial charge in [-0.2, -0.15) is 0 Å². The molecule has 3 rings (SSSR count). The molecule has 2 fully saturated rings. The number of sulfone groups is 1. The third kappa shape index (κ3) is 3.87. The van der Waals surface area contributed by atoms with Crippen molar-refractivity contribution in [2.75, 3.05) is 6.61 Å². The summed E-state index contributed by atoms with van der Waals surface area (Å²) in [6, 6.07) is 0.444. The molecule has 2 saturated heterocycles. The first-order valence-electron chi connectivity index (χ1n) is 8.45. The molecular formula is C16H15N4NaO10S. The van der Waals surface area contributed by atoms with E-state index < -0.39 is 56.5 Å². The van der Waals surface area contributed by atoms with Crippen molar-refractivity contribution in [3.63, 3.8) is 0 Å². The first kappa shape index (κ1) is 25.7. The van der Waals surface area contributed by atoms with Crippen LogP contribution in [0.3, 0.4) is 0 Å². The van der Waals surface area contributed by atoms with Crippen LogP contribution in [0, 0.1) is 0 Å². The number of carbonyl (C=O) groups is 4. The van der Waals surface area contributed by atoms with Gasteiger partial charge in [-0.1, -0.05) is 0 Å². The second kappa shape index (κ2) is 9.13. The Balaban J connectivity index is 0.00000363. The minimum absolute atomic E-state index is 0. The van der Waals surface area contributed by atoms with Crippen molar-refractivity contribution in [2.45, 2.75) is 23.1 Å². The van der Waals surface area contributed by atoms with Crippen LogP contribution >= 0.6 is 0 Å².